The average Bonchev–Trinajstić information content (AvgIpc) is 2.95. The normalized spacial score (nSPS) is 13.3. The van der Waals surface area contributed by atoms with Gasteiger partial charge in [0.05, 0.1) is 24.0 Å². The molecule has 0 saturated carbocycles. The van der Waals surface area contributed by atoms with Gasteiger partial charge in [-0.15, -0.1) is 0 Å². The smallest absolute Gasteiger partial charge is 0.394 e. The van der Waals surface area contributed by atoms with Crippen molar-refractivity contribution in [3.8, 4) is 11.3 Å². The molecular weight excluding hydrogens is 349 g/mol. The fourth-order valence-electron chi connectivity index (χ4n) is 1.82. The van der Waals surface area contributed by atoms with Crippen LogP contribution in [0.5, 0.6) is 0 Å². The zero-order valence-corrected chi connectivity index (χ0v) is 13.9. The van der Waals surface area contributed by atoms with E-state index in [0.29, 0.717) is 6.20 Å². The van der Waals surface area contributed by atoms with E-state index in [1.807, 2.05) is 0 Å². The second-order valence-corrected chi connectivity index (χ2v) is 7.74. The largest absolute Gasteiger partial charge is 0.419 e. The van der Waals surface area contributed by atoms with Crippen LogP contribution in [0.15, 0.2) is 23.7 Å². The van der Waals surface area contributed by atoms with Crippen LogP contribution in [0.3, 0.4) is 0 Å². The van der Waals surface area contributed by atoms with Gasteiger partial charge in [-0.3, -0.25) is 4.68 Å². The van der Waals surface area contributed by atoms with Crippen LogP contribution in [0.1, 0.15) is 19.4 Å². The molecule has 0 radical (unpaired) electrons. The molecule has 2 heterocycles. The van der Waals surface area contributed by atoms with Crippen molar-refractivity contribution >= 4 is 9.84 Å². The van der Waals surface area contributed by atoms with Crippen molar-refractivity contribution < 1.29 is 26.7 Å². The molecule has 7 nitrogen and oxygen atoms in total. The Morgan fingerprint density at radius 3 is 2.38 bits per heavy atom. The lowest BCUT2D eigenvalue weighted by atomic mass is 10.1. The third kappa shape index (κ3) is 3.56. The van der Waals surface area contributed by atoms with Gasteiger partial charge in [0.15, 0.2) is 0 Å². The van der Waals surface area contributed by atoms with E-state index >= 15 is 0 Å². The van der Waals surface area contributed by atoms with E-state index in [4.69, 9.17) is 0 Å². The minimum absolute atomic E-state index is 0.0313. The summed E-state index contributed by atoms with van der Waals surface area (Å²) in [5, 5.41) is 12.5. The molecule has 0 aromatic carbocycles. The minimum Gasteiger partial charge on any atom is -0.394 e. The number of sulfone groups is 1. The molecule has 2 aromatic heterocycles. The van der Waals surface area contributed by atoms with Crippen molar-refractivity contribution in [2.45, 2.75) is 30.7 Å². The van der Waals surface area contributed by atoms with Gasteiger partial charge in [-0.1, -0.05) is 0 Å². The van der Waals surface area contributed by atoms with Crippen molar-refractivity contribution in [3.63, 3.8) is 0 Å². The van der Waals surface area contributed by atoms with Crippen molar-refractivity contribution in [2.75, 3.05) is 12.9 Å². The lowest BCUT2D eigenvalue weighted by molar-refractivity contribution is -0.137. The zero-order valence-electron chi connectivity index (χ0n) is 13.0. The third-order valence-corrected chi connectivity index (χ3v) is 4.13. The van der Waals surface area contributed by atoms with Gasteiger partial charge in [-0.25, -0.2) is 18.4 Å². The molecular formula is C13H15F3N4O3S. The molecule has 0 amide bonds. The van der Waals surface area contributed by atoms with Gasteiger partial charge in [-0.05, 0) is 13.8 Å². The summed E-state index contributed by atoms with van der Waals surface area (Å²) in [5.41, 5.74) is -2.63. The third-order valence-electron chi connectivity index (χ3n) is 3.27. The Hall–Kier alpha value is -2.01. The lowest BCUT2D eigenvalue weighted by Crippen LogP contribution is -2.30. The standard InChI is InChI=1S/C13H15F3N4O3S/c1-12(2,7-21)20-6-8(4-18-20)10-9(13(14,15)16)5-17-11(19-10)24(3,22)23/h4-6,21H,7H2,1-3H3. The van der Waals surface area contributed by atoms with Gasteiger partial charge in [0.1, 0.15) is 5.56 Å². The molecule has 0 saturated heterocycles. The molecule has 0 aliphatic rings. The van der Waals surface area contributed by atoms with Crippen LogP contribution < -0.4 is 0 Å². The van der Waals surface area contributed by atoms with E-state index in [9.17, 15) is 26.7 Å². The molecule has 0 aliphatic carbocycles. The summed E-state index contributed by atoms with van der Waals surface area (Å²) in [6, 6.07) is 0. The van der Waals surface area contributed by atoms with Gasteiger partial charge in [0, 0.05) is 24.2 Å². The Kier molecular flexibility index (Phi) is 4.44. The van der Waals surface area contributed by atoms with E-state index in [1.54, 1.807) is 13.8 Å². The number of hydrogen-bond donors (Lipinski definition) is 1. The van der Waals surface area contributed by atoms with E-state index in [-0.39, 0.29) is 12.2 Å². The highest BCUT2D eigenvalue weighted by atomic mass is 32.2. The zero-order chi connectivity index (χ0) is 18.3. The SMILES string of the molecule is CC(C)(CO)n1cc(-c2nc(S(C)(=O)=O)ncc2C(F)(F)F)cn1. The summed E-state index contributed by atoms with van der Waals surface area (Å²) in [6.45, 7) is 2.98. The minimum atomic E-state index is -4.76. The Balaban J connectivity index is 2.67. The van der Waals surface area contributed by atoms with Crippen molar-refractivity contribution in [1.82, 2.24) is 19.7 Å². The quantitative estimate of drug-likeness (QED) is 0.826. The fraction of sp³-hybridized carbons (Fsp3) is 0.462. The Morgan fingerprint density at radius 1 is 1.25 bits per heavy atom. The number of nitrogens with zero attached hydrogens (tertiary/aromatic N) is 4. The molecule has 0 spiro atoms. The molecule has 0 atom stereocenters. The van der Waals surface area contributed by atoms with Crippen LogP contribution in [0.4, 0.5) is 13.2 Å². The van der Waals surface area contributed by atoms with Crippen molar-refractivity contribution in [3.05, 3.63) is 24.2 Å². The number of alkyl halides is 3. The van der Waals surface area contributed by atoms with Gasteiger partial charge >= 0.3 is 6.18 Å². The molecule has 2 rings (SSSR count). The van der Waals surface area contributed by atoms with Crippen LogP contribution in [0, 0.1) is 0 Å². The molecule has 2 aromatic rings. The summed E-state index contributed by atoms with van der Waals surface area (Å²) in [5.74, 6) is 0. The molecule has 11 heteroatoms. The number of aromatic nitrogens is 4. The van der Waals surface area contributed by atoms with Gasteiger partial charge in [0.2, 0.25) is 15.0 Å². The molecule has 0 bridgehead atoms. The van der Waals surface area contributed by atoms with Gasteiger partial charge in [-0.2, -0.15) is 18.3 Å². The summed E-state index contributed by atoms with van der Waals surface area (Å²) in [4.78, 5) is 6.86. The Bertz CT molecular complexity index is 860. The Morgan fingerprint density at radius 2 is 1.88 bits per heavy atom. The average molecular weight is 364 g/mol. The number of aliphatic hydroxyl groups is 1. The molecule has 24 heavy (non-hydrogen) atoms. The first-order chi connectivity index (χ1) is 10.9. The van der Waals surface area contributed by atoms with Gasteiger partial charge < -0.3 is 5.11 Å². The summed E-state index contributed by atoms with van der Waals surface area (Å²) < 4.78 is 63.9. The lowest BCUT2D eigenvalue weighted by Gasteiger charge is -2.22. The fourth-order valence-corrected chi connectivity index (χ4v) is 2.32. The Labute approximate surface area is 136 Å². The van der Waals surface area contributed by atoms with Crippen molar-refractivity contribution in [1.29, 1.82) is 0 Å². The first-order valence-corrected chi connectivity index (χ1v) is 8.56. The van der Waals surface area contributed by atoms with Crippen LogP contribution in [0.2, 0.25) is 0 Å². The second kappa shape index (κ2) is 5.81. The highest BCUT2D eigenvalue weighted by Crippen LogP contribution is 2.36. The summed E-state index contributed by atoms with van der Waals surface area (Å²) in [7, 11) is -3.88. The monoisotopic (exact) mass is 364 g/mol. The molecule has 132 valence electrons. The van der Waals surface area contributed by atoms with Crippen molar-refractivity contribution in [2.24, 2.45) is 0 Å². The maximum absolute atomic E-state index is 13.2. The second-order valence-electron chi connectivity index (χ2n) is 5.83. The highest BCUT2D eigenvalue weighted by molar-refractivity contribution is 7.90. The van der Waals surface area contributed by atoms with E-state index in [2.05, 4.69) is 15.1 Å². The summed E-state index contributed by atoms with van der Waals surface area (Å²) >= 11 is 0. The van der Waals surface area contributed by atoms with Crippen LogP contribution in [-0.4, -0.2) is 46.1 Å². The predicted octanol–water partition coefficient (Wildman–Crippen LogP) is 1.49. The molecule has 0 aliphatic heterocycles. The molecule has 1 N–H and O–H groups in total. The first kappa shape index (κ1) is 18.3. The van der Waals surface area contributed by atoms with Gasteiger partial charge in [0.25, 0.3) is 0 Å². The van der Waals surface area contributed by atoms with E-state index in [1.165, 1.54) is 10.9 Å². The highest BCUT2D eigenvalue weighted by Gasteiger charge is 2.36. The molecule has 0 fully saturated rings. The number of aliphatic hydroxyl groups excluding tert-OH is 1. The molecule has 0 unspecified atom stereocenters. The van der Waals surface area contributed by atoms with E-state index < -0.39 is 38.0 Å². The van der Waals surface area contributed by atoms with Crippen LogP contribution in [-0.2, 0) is 21.6 Å². The van der Waals surface area contributed by atoms with E-state index in [0.717, 1.165) is 12.5 Å². The summed E-state index contributed by atoms with van der Waals surface area (Å²) in [6.07, 6.45) is -1.13. The number of halogens is 3. The van der Waals surface area contributed by atoms with Crippen LogP contribution >= 0.6 is 0 Å². The maximum atomic E-state index is 13.2. The topological polar surface area (TPSA) is 98.0 Å². The number of hydrogen-bond acceptors (Lipinski definition) is 6. The first-order valence-electron chi connectivity index (χ1n) is 6.67. The number of rotatable bonds is 4. The predicted molar refractivity (Wildman–Crippen MR) is 77.8 cm³/mol. The maximum Gasteiger partial charge on any atom is 0.419 e. The van der Waals surface area contributed by atoms with Crippen LogP contribution in [0.25, 0.3) is 11.3 Å².